The van der Waals surface area contributed by atoms with Crippen LogP contribution in [0.2, 0.25) is 0 Å². The number of nitrogens with two attached hydrogens (primary N) is 1. The highest BCUT2D eigenvalue weighted by molar-refractivity contribution is 5.92. The molecule has 6 heteroatoms. The molecule has 0 aliphatic carbocycles. The van der Waals surface area contributed by atoms with Crippen molar-refractivity contribution in [2.45, 2.75) is 32.4 Å². The molecule has 1 fully saturated rings. The zero-order chi connectivity index (χ0) is 13.8. The van der Waals surface area contributed by atoms with Crippen molar-refractivity contribution in [3.63, 3.8) is 0 Å². The number of nitrogens with one attached hydrogen (secondary N) is 1. The molecule has 1 aliphatic heterocycles. The van der Waals surface area contributed by atoms with Crippen LogP contribution in [0.1, 0.15) is 34.7 Å². The molecule has 6 nitrogen and oxygen atoms in total. The quantitative estimate of drug-likeness (QED) is 0.479. The van der Waals surface area contributed by atoms with Gasteiger partial charge in [0, 0.05) is 24.8 Å². The summed E-state index contributed by atoms with van der Waals surface area (Å²) in [5.41, 5.74) is 2.89. The van der Waals surface area contributed by atoms with Crippen LogP contribution in [-0.4, -0.2) is 37.1 Å². The average Bonchev–Trinajstić information content (AvgIpc) is 2.79. The lowest BCUT2D eigenvalue weighted by Crippen LogP contribution is -2.36. The highest BCUT2D eigenvalue weighted by Gasteiger charge is 2.21. The van der Waals surface area contributed by atoms with Gasteiger partial charge in [-0.2, -0.15) is 0 Å². The topological polar surface area (TPSA) is 80.7 Å². The first kappa shape index (κ1) is 14.0. The number of hydrazine groups is 1. The number of carbonyl (C=O) groups excluding carboxylic acids is 1. The fourth-order valence-corrected chi connectivity index (χ4v) is 2.42. The summed E-state index contributed by atoms with van der Waals surface area (Å²) >= 11 is 0. The Hall–Kier alpha value is -1.37. The number of aryl methyl sites for hydroxylation is 1. The van der Waals surface area contributed by atoms with Crippen LogP contribution in [0.25, 0.3) is 0 Å². The Bertz CT molecular complexity index is 438. The van der Waals surface area contributed by atoms with Gasteiger partial charge >= 0.3 is 5.91 Å². The van der Waals surface area contributed by atoms with Gasteiger partial charge in [-0.3, -0.25) is 15.1 Å². The average molecular weight is 267 g/mol. The number of nitrogen functional groups attached to an aromatic ring is 1. The van der Waals surface area contributed by atoms with Crippen molar-refractivity contribution in [1.82, 2.24) is 10.3 Å². The number of furan rings is 1. The predicted octanol–water partition coefficient (Wildman–Crippen LogP) is 0.802. The number of ether oxygens (including phenoxy) is 1. The van der Waals surface area contributed by atoms with Crippen LogP contribution in [0, 0.1) is 6.92 Å². The van der Waals surface area contributed by atoms with Crippen molar-refractivity contribution in [2.75, 3.05) is 20.3 Å². The fraction of sp³-hybridized carbons (Fsp3) is 0.615. The fourth-order valence-electron chi connectivity index (χ4n) is 2.42. The van der Waals surface area contributed by atoms with E-state index in [0.717, 1.165) is 37.4 Å². The van der Waals surface area contributed by atoms with Gasteiger partial charge < -0.3 is 9.15 Å². The number of nitrogens with zero attached hydrogens (tertiary/aromatic N) is 1. The van der Waals surface area contributed by atoms with Crippen LogP contribution >= 0.6 is 0 Å². The molecule has 0 spiro atoms. The minimum Gasteiger partial charge on any atom is -0.454 e. The maximum absolute atomic E-state index is 11.5. The van der Waals surface area contributed by atoms with E-state index in [9.17, 15) is 4.79 Å². The molecule has 106 valence electrons. The van der Waals surface area contributed by atoms with Crippen LogP contribution in [0.4, 0.5) is 0 Å². The number of carbonyl (C=O) groups is 1. The van der Waals surface area contributed by atoms with Crippen LogP contribution in [-0.2, 0) is 11.3 Å². The van der Waals surface area contributed by atoms with Crippen molar-refractivity contribution >= 4 is 5.91 Å². The zero-order valence-corrected chi connectivity index (χ0v) is 11.4. The lowest BCUT2D eigenvalue weighted by molar-refractivity contribution is 0.0386. The van der Waals surface area contributed by atoms with Gasteiger partial charge in [0.05, 0.1) is 6.54 Å². The molecule has 1 amide bonds. The van der Waals surface area contributed by atoms with Crippen molar-refractivity contribution in [3.05, 3.63) is 23.2 Å². The Kier molecular flexibility index (Phi) is 4.57. The standard InChI is InChI=1S/C13H21N3O3/c1-9-7-11(19-12(9)13(17)15-14)8-16(2)10-3-5-18-6-4-10/h7,10H,3-6,8,14H2,1-2H3,(H,15,17). The lowest BCUT2D eigenvalue weighted by atomic mass is 10.1. The molecule has 2 heterocycles. The molecule has 2 rings (SSSR count). The normalized spacial score (nSPS) is 16.8. The first-order valence-electron chi connectivity index (χ1n) is 6.50. The van der Waals surface area contributed by atoms with Crippen LogP contribution in [0.3, 0.4) is 0 Å². The smallest absolute Gasteiger partial charge is 0.301 e. The Morgan fingerprint density at radius 3 is 2.84 bits per heavy atom. The van der Waals surface area contributed by atoms with Gasteiger partial charge in [0.1, 0.15) is 5.76 Å². The number of rotatable bonds is 4. The van der Waals surface area contributed by atoms with Crippen LogP contribution in [0.15, 0.2) is 10.5 Å². The largest absolute Gasteiger partial charge is 0.454 e. The number of amides is 1. The predicted molar refractivity (Wildman–Crippen MR) is 70.4 cm³/mol. The molecule has 0 saturated carbocycles. The van der Waals surface area contributed by atoms with Crippen molar-refractivity contribution < 1.29 is 13.9 Å². The van der Waals surface area contributed by atoms with Crippen molar-refractivity contribution in [1.29, 1.82) is 0 Å². The third kappa shape index (κ3) is 3.34. The van der Waals surface area contributed by atoms with Gasteiger partial charge in [0.15, 0.2) is 5.76 Å². The van der Waals surface area contributed by atoms with E-state index >= 15 is 0 Å². The summed E-state index contributed by atoms with van der Waals surface area (Å²) in [5.74, 6) is 5.80. The van der Waals surface area contributed by atoms with E-state index in [1.165, 1.54) is 0 Å². The molecular formula is C13H21N3O3. The Labute approximate surface area is 112 Å². The van der Waals surface area contributed by atoms with Gasteiger partial charge in [-0.05, 0) is 32.9 Å². The summed E-state index contributed by atoms with van der Waals surface area (Å²) in [7, 11) is 2.07. The molecule has 0 radical (unpaired) electrons. The van der Waals surface area contributed by atoms with Gasteiger partial charge in [-0.15, -0.1) is 0 Å². The van der Waals surface area contributed by atoms with Crippen LogP contribution < -0.4 is 11.3 Å². The minimum absolute atomic E-state index is 0.290. The number of hydrogen-bond acceptors (Lipinski definition) is 5. The molecular weight excluding hydrogens is 246 g/mol. The summed E-state index contributed by atoms with van der Waals surface area (Å²) in [6.07, 6.45) is 2.07. The van der Waals surface area contributed by atoms with E-state index in [1.807, 2.05) is 13.0 Å². The zero-order valence-electron chi connectivity index (χ0n) is 11.4. The van der Waals surface area contributed by atoms with Crippen molar-refractivity contribution in [3.8, 4) is 0 Å². The number of hydrogen-bond donors (Lipinski definition) is 2. The highest BCUT2D eigenvalue weighted by atomic mass is 16.5. The molecule has 1 saturated heterocycles. The monoisotopic (exact) mass is 267 g/mol. The van der Waals surface area contributed by atoms with Gasteiger partial charge in [-0.25, -0.2) is 5.84 Å². The Balaban J connectivity index is 2.00. The van der Waals surface area contributed by atoms with Crippen molar-refractivity contribution in [2.24, 2.45) is 5.84 Å². The third-order valence-corrected chi connectivity index (χ3v) is 3.53. The van der Waals surface area contributed by atoms with E-state index in [2.05, 4.69) is 17.4 Å². The second-order valence-electron chi connectivity index (χ2n) is 4.96. The first-order valence-corrected chi connectivity index (χ1v) is 6.50. The van der Waals surface area contributed by atoms with Gasteiger partial charge in [0.25, 0.3) is 0 Å². The highest BCUT2D eigenvalue weighted by Crippen LogP contribution is 2.19. The molecule has 0 bridgehead atoms. The maximum Gasteiger partial charge on any atom is 0.301 e. The Morgan fingerprint density at radius 1 is 1.53 bits per heavy atom. The molecule has 0 atom stereocenters. The lowest BCUT2D eigenvalue weighted by Gasteiger charge is -2.30. The Morgan fingerprint density at radius 2 is 2.21 bits per heavy atom. The molecule has 1 aromatic rings. The van der Waals surface area contributed by atoms with E-state index in [0.29, 0.717) is 12.6 Å². The summed E-state index contributed by atoms with van der Waals surface area (Å²) < 4.78 is 10.9. The molecule has 19 heavy (non-hydrogen) atoms. The summed E-state index contributed by atoms with van der Waals surface area (Å²) in [4.78, 5) is 13.7. The summed E-state index contributed by atoms with van der Waals surface area (Å²) in [5, 5.41) is 0. The van der Waals surface area contributed by atoms with E-state index in [1.54, 1.807) is 0 Å². The van der Waals surface area contributed by atoms with Crippen LogP contribution in [0.5, 0.6) is 0 Å². The van der Waals surface area contributed by atoms with E-state index < -0.39 is 5.91 Å². The van der Waals surface area contributed by atoms with E-state index in [4.69, 9.17) is 15.0 Å². The minimum atomic E-state index is -0.391. The van der Waals surface area contributed by atoms with E-state index in [-0.39, 0.29) is 5.76 Å². The first-order chi connectivity index (χ1) is 9.11. The molecule has 3 N–H and O–H groups in total. The summed E-state index contributed by atoms with van der Waals surface area (Å²) in [6, 6.07) is 2.39. The van der Waals surface area contributed by atoms with Gasteiger partial charge in [-0.1, -0.05) is 0 Å². The summed E-state index contributed by atoms with van der Waals surface area (Å²) in [6.45, 7) is 4.15. The molecule has 1 aliphatic rings. The van der Waals surface area contributed by atoms with Gasteiger partial charge in [0.2, 0.25) is 0 Å². The molecule has 0 unspecified atom stereocenters. The second-order valence-corrected chi connectivity index (χ2v) is 4.96. The molecule has 0 aromatic carbocycles. The third-order valence-electron chi connectivity index (χ3n) is 3.53. The maximum atomic E-state index is 11.5. The molecule has 1 aromatic heterocycles. The second kappa shape index (κ2) is 6.18. The SMILES string of the molecule is Cc1cc(CN(C)C2CCOCC2)oc1C(=O)NN.